The molecule has 1 rings (SSSR count). The third kappa shape index (κ3) is 8.79. The van der Waals surface area contributed by atoms with E-state index in [1.165, 1.54) is 0 Å². The van der Waals surface area contributed by atoms with E-state index < -0.39 is 0 Å². The van der Waals surface area contributed by atoms with Crippen LogP contribution in [0.1, 0.15) is 27.7 Å². The third-order valence-electron chi connectivity index (χ3n) is 3.75. The van der Waals surface area contributed by atoms with Gasteiger partial charge in [-0.05, 0) is 34.0 Å². The molecule has 0 aromatic rings. The Morgan fingerprint density at radius 1 is 1.32 bits per heavy atom. The summed E-state index contributed by atoms with van der Waals surface area (Å²) in [7, 11) is 0. The molecule has 1 aliphatic heterocycles. The lowest BCUT2D eigenvalue weighted by Gasteiger charge is -2.32. The first kappa shape index (κ1) is 22.3. The molecular formula is C15H33IN4OS. The maximum atomic E-state index is 5.40. The lowest BCUT2D eigenvalue weighted by Crippen LogP contribution is -2.49. The fourth-order valence-corrected chi connectivity index (χ4v) is 2.26. The van der Waals surface area contributed by atoms with Crippen LogP contribution in [0.15, 0.2) is 4.99 Å². The molecule has 1 unspecified atom stereocenters. The molecule has 132 valence electrons. The van der Waals surface area contributed by atoms with Gasteiger partial charge in [0, 0.05) is 37.0 Å². The topological polar surface area (TPSA) is 48.9 Å². The van der Waals surface area contributed by atoms with Crippen LogP contribution in [0.2, 0.25) is 0 Å². The van der Waals surface area contributed by atoms with Crippen molar-refractivity contribution >= 4 is 41.7 Å². The van der Waals surface area contributed by atoms with Crippen molar-refractivity contribution in [1.29, 1.82) is 0 Å². The van der Waals surface area contributed by atoms with Crippen LogP contribution in [-0.2, 0) is 4.74 Å². The second-order valence-corrected chi connectivity index (χ2v) is 7.55. The van der Waals surface area contributed by atoms with Gasteiger partial charge in [-0.15, -0.1) is 24.0 Å². The van der Waals surface area contributed by atoms with Gasteiger partial charge in [0.1, 0.15) is 0 Å². The standard InChI is InChI=1S/C15H32N4OS.HI/c1-6-16-14(18-12-15(3,4)21-5)17-11-13(2)19-7-9-20-10-8-19;/h13H,6-12H2,1-5H3,(H2,16,17,18);1H. The molecule has 1 atom stereocenters. The van der Waals surface area contributed by atoms with Crippen LogP contribution in [-0.4, -0.2) is 73.8 Å². The Hall–Kier alpha value is 0.270. The van der Waals surface area contributed by atoms with E-state index >= 15 is 0 Å². The Morgan fingerprint density at radius 3 is 2.50 bits per heavy atom. The average molecular weight is 444 g/mol. The number of hydrogen-bond donors (Lipinski definition) is 2. The molecule has 1 aliphatic rings. The molecule has 1 saturated heterocycles. The minimum absolute atomic E-state index is 0. The smallest absolute Gasteiger partial charge is 0.191 e. The molecule has 5 nitrogen and oxygen atoms in total. The van der Waals surface area contributed by atoms with Crippen molar-refractivity contribution in [2.24, 2.45) is 4.99 Å². The highest BCUT2D eigenvalue weighted by Crippen LogP contribution is 2.20. The summed E-state index contributed by atoms with van der Waals surface area (Å²) in [5.41, 5.74) is 0. The summed E-state index contributed by atoms with van der Waals surface area (Å²) in [5.74, 6) is 0.916. The van der Waals surface area contributed by atoms with E-state index in [0.717, 1.165) is 51.9 Å². The van der Waals surface area contributed by atoms with Crippen LogP contribution < -0.4 is 10.6 Å². The van der Waals surface area contributed by atoms with Gasteiger partial charge in [0.05, 0.1) is 19.8 Å². The lowest BCUT2D eigenvalue weighted by molar-refractivity contribution is 0.0211. The molecule has 0 amide bonds. The summed E-state index contributed by atoms with van der Waals surface area (Å²) < 4.78 is 5.58. The van der Waals surface area contributed by atoms with Crippen molar-refractivity contribution in [2.45, 2.75) is 38.5 Å². The summed E-state index contributed by atoms with van der Waals surface area (Å²) in [6.45, 7) is 15.2. The minimum Gasteiger partial charge on any atom is -0.379 e. The number of halogens is 1. The van der Waals surface area contributed by atoms with Crippen LogP contribution >= 0.6 is 35.7 Å². The molecule has 2 N–H and O–H groups in total. The van der Waals surface area contributed by atoms with Crippen molar-refractivity contribution < 1.29 is 4.74 Å². The number of nitrogens with zero attached hydrogens (tertiary/aromatic N) is 2. The minimum atomic E-state index is 0. The number of ether oxygens (including phenoxy) is 1. The van der Waals surface area contributed by atoms with Gasteiger partial charge in [0.2, 0.25) is 0 Å². The fourth-order valence-electron chi connectivity index (χ4n) is 2.07. The van der Waals surface area contributed by atoms with Gasteiger partial charge in [-0.3, -0.25) is 9.89 Å². The molecule has 0 saturated carbocycles. The Bertz CT molecular complexity index is 323. The molecule has 0 bridgehead atoms. The van der Waals surface area contributed by atoms with Gasteiger partial charge >= 0.3 is 0 Å². The van der Waals surface area contributed by atoms with Crippen molar-refractivity contribution in [1.82, 2.24) is 15.5 Å². The summed E-state index contributed by atoms with van der Waals surface area (Å²) in [6, 6.07) is 0.492. The normalized spacial score (nSPS) is 18.5. The predicted octanol–water partition coefficient (Wildman–Crippen LogP) is 2.02. The van der Waals surface area contributed by atoms with Gasteiger partial charge < -0.3 is 15.4 Å². The van der Waals surface area contributed by atoms with Crippen molar-refractivity contribution in [3.63, 3.8) is 0 Å². The maximum absolute atomic E-state index is 5.40. The van der Waals surface area contributed by atoms with E-state index in [1.54, 1.807) is 0 Å². The number of nitrogens with one attached hydrogen (secondary N) is 2. The van der Waals surface area contributed by atoms with Gasteiger partial charge in [-0.25, -0.2) is 0 Å². The summed E-state index contributed by atoms with van der Waals surface area (Å²) >= 11 is 1.85. The quantitative estimate of drug-likeness (QED) is 0.358. The van der Waals surface area contributed by atoms with E-state index in [-0.39, 0.29) is 28.7 Å². The molecule has 0 spiro atoms. The molecule has 0 aliphatic carbocycles. The van der Waals surface area contributed by atoms with Gasteiger partial charge in [-0.1, -0.05) is 0 Å². The molecule has 0 radical (unpaired) electrons. The largest absolute Gasteiger partial charge is 0.379 e. The zero-order chi connectivity index (χ0) is 15.7. The maximum Gasteiger partial charge on any atom is 0.191 e. The van der Waals surface area contributed by atoms with Crippen molar-refractivity contribution in [3.8, 4) is 0 Å². The first-order valence-corrected chi connectivity index (χ1v) is 9.10. The molecule has 1 fully saturated rings. The molecule has 7 heteroatoms. The molecule has 22 heavy (non-hydrogen) atoms. The van der Waals surface area contributed by atoms with Gasteiger partial charge in [0.15, 0.2) is 5.96 Å². The second-order valence-electron chi connectivity index (χ2n) is 6.04. The average Bonchev–Trinajstić information content (AvgIpc) is 2.50. The zero-order valence-corrected chi connectivity index (χ0v) is 17.8. The first-order valence-electron chi connectivity index (χ1n) is 7.87. The molecule has 1 heterocycles. The number of rotatable bonds is 7. The van der Waals surface area contributed by atoms with Crippen LogP contribution in [0.5, 0.6) is 0 Å². The summed E-state index contributed by atoms with van der Waals surface area (Å²) in [6.07, 6.45) is 2.14. The second kappa shape index (κ2) is 11.8. The number of thioether (sulfide) groups is 1. The zero-order valence-electron chi connectivity index (χ0n) is 14.6. The fraction of sp³-hybridized carbons (Fsp3) is 0.933. The van der Waals surface area contributed by atoms with Gasteiger partial charge in [-0.2, -0.15) is 11.8 Å². The van der Waals surface area contributed by atoms with Crippen LogP contribution in [0, 0.1) is 0 Å². The highest BCUT2D eigenvalue weighted by Gasteiger charge is 2.18. The van der Waals surface area contributed by atoms with E-state index in [4.69, 9.17) is 9.73 Å². The SMILES string of the molecule is CCNC(=NCC(C)(C)SC)NCC(C)N1CCOCC1.I. The number of hydrogen-bond acceptors (Lipinski definition) is 4. The number of aliphatic imine (C=N–C) groups is 1. The van der Waals surface area contributed by atoms with E-state index in [9.17, 15) is 0 Å². The van der Waals surface area contributed by atoms with Crippen molar-refractivity contribution in [2.75, 3.05) is 52.2 Å². The molecular weight excluding hydrogens is 411 g/mol. The molecule has 0 aromatic heterocycles. The monoisotopic (exact) mass is 444 g/mol. The number of guanidine groups is 1. The first-order chi connectivity index (χ1) is 9.98. The Labute approximate surface area is 157 Å². The van der Waals surface area contributed by atoms with E-state index in [1.807, 2.05) is 11.8 Å². The third-order valence-corrected chi connectivity index (χ3v) is 4.98. The Kier molecular flexibility index (Phi) is 11.9. The van der Waals surface area contributed by atoms with Gasteiger partial charge in [0.25, 0.3) is 0 Å². The van der Waals surface area contributed by atoms with E-state index in [2.05, 4.69) is 49.5 Å². The van der Waals surface area contributed by atoms with E-state index in [0.29, 0.717) is 6.04 Å². The van der Waals surface area contributed by atoms with Crippen LogP contribution in [0.3, 0.4) is 0 Å². The Morgan fingerprint density at radius 2 is 1.95 bits per heavy atom. The number of morpholine rings is 1. The van der Waals surface area contributed by atoms with Crippen molar-refractivity contribution in [3.05, 3.63) is 0 Å². The van der Waals surface area contributed by atoms with Crippen LogP contribution in [0.4, 0.5) is 0 Å². The lowest BCUT2D eigenvalue weighted by atomic mass is 10.2. The highest BCUT2D eigenvalue weighted by atomic mass is 127. The van der Waals surface area contributed by atoms with Crippen LogP contribution in [0.25, 0.3) is 0 Å². The summed E-state index contributed by atoms with van der Waals surface area (Å²) in [4.78, 5) is 7.17. The Balaban J connectivity index is 0.00000441. The molecule has 0 aromatic carbocycles. The predicted molar refractivity (Wildman–Crippen MR) is 109 cm³/mol. The summed E-state index contributed by atoms with van der Waals surface area (Å²) in [5, 5.41) is 6.79. The highest BCUT2D eigenvalue weighted by molar-refractivity contribution is 14.0.